The molecule has 0 atom stereocenters. The molecule has 0 saturated heterocycles. The molecule has 5 nitrogen and oxygen atoms in total. The predicted octanol–water partition coefficient (Wildman–Crippen LogP) is 3.10. The Labute approximate surface area is 122 Å². The fraction of sp³-hybridized carbons (Fsp3) is 0.0833. The van der Waals surface area contributed by atoms with E-state index in [1.54, 1.807) is 16.0 Å². The SMILES string of the molecule is Brc1ccsc1CNc1nnnn1-c1ccccc1. The molecular formula is C12H10BrN5S. The Morgan fingerprint density at radius 2 is 2.05 bits per heavy atom. The van der Waals surface area contributed by atoms with Crippen molar-refractivity contribution in [2.24, 2.45) is 0 Å². The van der Waals surface area contributed by atoms with Crippen molar-refractivity contribution < 1.29 is 0 Å². The fourth-order valence-electron chi connectivity index (χ4n) is 1.65. The smallest absolute Gasteiger partial charge is 0.248 e. The average molecular weight is 336 g/mol. The fourth-order valence-corrected chi connectivity index (χ4v) is 3.08. The van der Waals surface area contributed by atoms with Crippen molar-refractivity contribution in [1.82, 2.24) is 20.2 Å². The number of rotatable bonds is 4. The molecular weight excluding hydrogens is 326 g/mol. The Morgan fingerprint density at radius 1 is 1.21 bits per heavy atom. The second kappa shape index (κ2) is 5.50. The van der Waals surface area contributed by atoms with Crippen LogP contribution < -0.4 is 5.32 Å². The van der Waals surface area contributed by atoms with Gasteiger partial charge in [0.25, 0.3) is 0 Å². The van der Waals surface area contributed by atoms with Gasteiger partial charge in [-0.2, -0.15) is 4.68 Å². The minimum absolute atomic E-state index is 0.631. The molecule has 0 unspecified atom stereocenters. The number of thiophene rings is 1. The van der Waals surface area contributed by atoms with Crippen molar-refractivity contribution in [3.63, 3.8) is 0 Å². The van der Waals surface area contributed by atoms with E-state index < -0.39 is 0 Å². The number of tetrazole rings is 1. The van der Waals surface area contributed by atoms with E-state index in [0.717, 1.165) is 10.2 Å². The summed E-state index contributed by atoms with van der Waals surface area (Å²) in [5, 5.41) is 17.0. The first kappa shape index (κ1) is 12.3. The van der Waals surface area contributed by atoms with Crippen LogP contribution in [0, 0.1) is 0 Å². The molecule has 0 aliphatic carbocycles. The molecule has 0 aliphatic heterocycles. The van der Waals surface area contributed by atoms with Gasteiger partial charge in [0.05, 0.1) is 12.2 Å². The Bertz CT molecular complexity index is 664. The summed E-state index contributed by atoms with van der Waals surface area (Å²) in [5.74, 6) is 0.631. The zero-order valence-electron chi connectivity index (χ0n) is 9.82. The summed E-state index contributed by atoms with van der Waals surface area (Å²) in [7, 11) is 0. The monoisotopic (exact) mass is 335 g/mol. The number of aromatic nitrogens is 4. The summed E-state index contributed by atoms with van der Waals surface area (Å²) in [5.41, 5.74) is 0.931. The molecule has 0 fully saturated rings. The number of hydrogen-bond acceptors (Lipinski definition) is 5. The van der Waals surface area contributed by atoms with Crippen LogP contribution in [0.15, 0.2) is 46.3 Å². The van der Waals surface area contributed by atoms with E-state index in [0.29, 0.717) is 12.5 Å². The Hall–Kier alpha value is -1.73. The Morgan fingerprint density at radius 3 is 2.79 bits per heavy atom. The second-order valence-electron chi connectivity index (χ2n) is 3.80. The number of nitrogens with zero attached hydrogens (tertiary/aromatic N) is 4. The summed E-state index contributed by atoms with van der Waals surface area (Å²) in [6, 6.07) is 11.8. The van der Waals surface area contributed by atoms with Gasteiger partial charge in [-0.15, -0.1) is 11.3 Å². The van der Waals surface area contributed by atoms with Gasteiger partial charge in [-0.3, -0.25) is 0 Å². The van der Waals surface area contributed by atoms with Crippen molar-refractivity contribution in [2.75, 3.05) is 5.32 Å². The zero-order valence-corrected chi connectivity index (χ0v) is 12.2. The van der Waals surface area contributed by atoms with Gasteiger partial charge in [-0.05, 0) is 49.9 Å². The van der Waals surface area contributed by atoms with E-state index in [4.69, 9.17) is 0 Å². The minimum atomic E-state index is 0.631. The molecule has 1 aromatic carbocycles. The summed E-state index contributed by atoms with van der Waals surface area (Å²) in [6.45, 7) is 0.686. The number of para-hydroxylation sites is 1. The lowest BCUT2D eigenvalue weighted by atomic mass is 10.3. The van der Waals surface area contributed by atoms with Crippen LogP contribution in [0.25, 0.3) is 5.69 Å². The highest BCUT2D eigenvalue weighted by Crippen LogP contribution is 2.23. The number of halogens is 1. The van der Waals surface area contributed by atoms with Crippen LogP contribution in [-0.2, 0) is 6.54 Å². The largest absolute Gasteiger partial charge is 0.348 e. The molecule has 0 aliphatic rings. The van der Waals surface area contributed by atoms with E-state index in [-0.39, 0.29) is 0 Å². The van der Waals surface area contributed by atoms with Gasteiger partial charge in [0.15, 0.2) is 0 Å². The third-order valence-electron chi connectivity index (χ3n) is 2.57. The second-order valence-corrected chi connectivity index (χ2v) is 5.65. The summed E-state index contributed by atoms with van der Waals surface area (Å²) < 4.78 is 2.78. The van der Waals surface area contributed by atoms with E-state index in [1.165, 1.54) is 4.88 Å². The number of benzene rings is 1. The van der Waals surface area contributed by atoms with Crippen LogP contribution >= 0.6 is 27.3 Å². The summed E-state index contributed by atoms with van der Waals surface area (Å²) in [6.07, 6.45) is 0. The lowest BCUT2D eigenvalue weighted by Gasteiger charge is -2.06. The molecule has 19 heavy (non-hydrogen) atoms. The maximum Gasteiger partial charge on any atom is 0.248 e. The normalized spacial score (nSPS) is 10.6. The minimum Gasteiger partial charge on any atom is -0.348 e. The maximum atomic E-state index is 4.00. The first-order chi connectivity index (χ1) is 9.34. The molecule has 96 valence electrons. The summed E-state index contributed by atoms with van der Waals surface area (Å²) in [4.78, 5) is 1.21. The Balaban J connectivity index is 1.80. The maximum absolute atomic E-state index is 4.00. The predicted molar refractivity (Wildman–Crippen MR) is 78.5 cm³/mol. The van der Waals surface area contributed by atoms with E-state index in [9.17, 15) is 0 Å². The first-order valence-electron chi connectivity index (χ1n) is 5.64. The highest BCUT2D eigenvalue weighted by atomic mass is 79.9. The van der Waals surface area contributed by atoms with Gasteiger partial charge in [0.1, 0.15) is 0 Å². The molecule has 3 aromatic rings. The standard InChI is InChI=1S/C12H10BrN5S/c13-10-6-7-19-11(10)8-14-12-15-16-17-18(12)9-4-2-1-3-5-9/h1-7H,8H2,(H,14,15,17). The van der Waals surface area contributed by atoms with Crippen molar-refractivity contribution in [1.29, 1.82) is 0 Å². The molecule has 0 saturated carbocycles. The molecule has 3 rings (SSSR count). The molecule has 7 heteroatoms. The lowest BCUT2D eigenvalue weighted by Crippen LogP contribution is -2.06. The molecule has 2 aromatic heterocycles. The average Bonchev–Trinajstić information content (AvgIpc) is 3.06. The van der Waals surface area contributed by atoms with Crippen LogP contribution in [-0.4, -0.2) is 20.2 Å². The van der Waals surface area contributed by atoms with Crippen LogP contribution in [0.2, 0.25) is 0 Å². The third-order valence-corrected chi connectivity index (χ3v) is 4.49. The van der Waals surface area contributed by atoms with Gasteiger partial charge in [-0.25, -0.2) is 0 Å². The van der Waals surface area contributed by atoms with Crippen molar-refractivity contribution in [3.05, 3.63) is 51.1 Å². The van der Waals surface area contributed by atoms with E-state index >= 15 is 0 Å². The number of hydrogen-bond donors (Lipinski definition) is 1. The van der Waals surface area contributed by atoms with E-state index in [1.807, 2.05) is 41.8 Å². The molecule has 1 N–H and O–H groups in total. The number of anilines is 1. The van der Waals surface area contributed by atoms with Crippen molar-refractivity contribution in [3.8, 4) is 5.69 Å². The van der Waals surface area contributed by atoms with Crippen molar-refractivity contribution >= 4 is 33.2 Å². The molecule has 0 radical (unpaired) electrons. The van der Waals surface area contributed by atoms with Crippen LogP contribution in [0.1, 0.15) is 4.88 Å². The van der Waals surface area contributed by atoms with Crippen molar-refractivity contribution in [2.45, 2.75) is 6.54 Å². The first-order valence-corrected chi connectivity index (χ1v) is 7.31. The topological polar surface area (TPSA) is 55.6 Å². The lowest BCUT2D eigenvalue weighted by molar-refractivity contribution is 0.789. The molecule has 0 spiro atoms. The van der Waals surface area contributed by atoms with Crippen LogP contribution in [0.4, 0.5) is 5.95 Å². The van der Waals surface area contributed by atoms with Gasteiger partial charge in [0, 0.05) is 9.35 Å². The van der Waals surface area contributed by atoms with Gasteiger partial charge >= 0.3 is 0 Å². The zero-order chi connectivity index (χ0) is 13.1. The van der Waals surface area contributed by atoms with Gasteiger partial charge in [0.2, 0.25) is 5.95 Å². The highest BCUT2D eigenvalue weighted by molar-refractivity contribution is 9.10. The molecule has 2 heterocycles. The van der Waals surface area contributed by atoms with Gasteiger partial charge < -0.3 is 5.32 Å². The molecule has 0 amide bonds. The van der Waals surface area contributed by atoms with E-state index in [2.05, 4.69) is 36.8 Å². The molecule has 0 bridgehead atoms. The number of nitrogens with one attached hydrogen (secondary N) is 1. The Kier molecular flexibility index (Phi) is 3.56. The highest BCUT2D eigenvalue weighted by Gasteiger charge is 2.08. The quantitative estimate of drug-likeness (QED) is 0.795. The third kappa shape index (κ3) is 2.66. The van der Waals surface area contributed by atoms with Gasteiger partial charge in [-0.1, -0.05) is 23.3 Å². The summed E-state index contributed by atoms with van der Waals surface area (Å²) >= 11 is 5.19. The van der Waals surface area contributed by atoms with Crippen LogP contribution in [0.3, 0.4) is 0 Å². The van der Waals surface area contributed by atoms with Crippen LogP contribution in [0.5, 0.6) is 0 Å².